The third-order valence-electron chi connectivity index (χ3n) is 14.0. The number of ketones is 1. The standard InChI is InChI=1S/C48H55NO12/c1-27-33(59-44(54)38(57-8)37(30-18-12-9-13-19-30)49-42(52)31-20-14-10-15-21-31)25-48(55)41(60-43(53)32-22-16-11-17-23-32)39-46(6,40(51)28(2)36(27)45(48,4)5)34(56-7)24-35-47(39,26-58-35)61-29(3)50/h9-23,28,33-35,37-39,41,55H,24-26H2,1-8H3,(H,49,52)/t28-,33+,34+,35?,37+,38-,39+,41+,46-,47+,48-/m1/s1. The van der Waals surface area contributed by atoms with Crippen molar-refractivity contribution in [3.63, 3.8) is 0 Å². The van der Waals surface area contributed by atoms with Gasteiger partial charge in [-0.2, -0.15) is 0 Å². The van der Waals surface area contributed by atoms with Crippen molar-refractivity contribution in [3.05, 3.63) is 119 Å². The molecule has 3 aromatic rings. The quantitative estimate of drug-likeness (QED) is 0.136. The molecule has 1 saturated heterocycles. The Balaban J connectivity index is 1.37. The predicted molar refractivity (Wildman–Crippen MR) is 221 cm³/mol. The van der Waals surface area contributed by atoms with Gasteiger partial charge in [0, 0.05) is 50.9 Å². The highest BCUT2D eigenvalue weighted by Crippen LogP contribution is 2.65. The Morgan fingerprint density at radius 2 is 1.46 bits per heavy atom. The van der Waals surface area contributed by atoms with E-state index in [9.17, 15) is 24.3 Å². The van der Waals surface area contributed by atoms with Crippen LogP contribution in [-0.2, 0) is 42.8 Å². The van der Waals surface area contributed by atoms with Gasteiger partial charge in [-0.25, -0.2) is 9.59 Å². The highest BCUT2D eigenvalue weighted by atomic mass is 16.6. The Hall–Kier alpha value is -5.21. The molecule has 61 heavy (non-hydrogen) atoms. The first-order valence-electron chi connectivity index (χ1n) is 20.7. The first-order valence-corrected chi connectivity index (χ1v) is 20.7. The van der Waals surface area contributed by atoms with Crippen molar-refractivity contribution in [1.29, 1.82) is 0 Å². The molecule has 2 N–H and O–H groups in total. The van der Waals surface area contributed by atoms with Crippen molar-refractivity contribution in [1.82, 2.24) is 5.32 Å². The Morgan fingerprint density at radius 1 is 0.869 bits per heavy atom. The van der Waals surface area contributed by atoms with Crippen LogP contribution in [-0.4, -0.2) is 97.3 Å². The van der Waals surface area contributed by atoms with Gasteiger partial charge >= 0.3 is 17.9 Å². The summed E-state index contributed by atoms with van der Waals surface area (Å²) >= 11 is 0. The zero-order valence-corrected chi connectivity index (χ0v) is 35.8. The van der Waals surface area contributed by atoms with E-state index in [1.807, 2.05) is 6.07 Å². The van der Waals surface area contributed by atoms with E-state index >= 15 is 4.79 Å². The molecule has 2 saturated carbocycles. The van der Waals surface area contributed by atoms with Crippen LogP contribution in [0.25, 0.3) is 0 Å². The van der Waals surface area contributed by atoms with E-state index in [1.165, 1.54) is 21.1 Å². The van der Waals surface area contributed by atoms with Gasteiger partial charge in [0.05, 0.1) is 35.6 Å². The summed E-state index contributed by atoms with van der Waals surface area (Å²) in [6, 6.07) is 24.7. The second-order valence-electron chi connectivity index (χ2n) is 17.5. The summed E-state index contributed by atoms with van der Waals surface area (Å²) in [5.41, 5.74) is -4.27. The number of ether oxygens (including phenoxy) is 6. The molecule has 0 aromatic heterocycles. The fourth-order valence-electron chi connectivity index (χ4n) is 11.0. The number of fused-ring (bicyclic) bond motifs is 5. The van der Waals surface area contributed by atoms with Crippen LogP contribution in [0.15, 0.2) is 102 Å². The Bertz CT molecular complexity index is 2190. The molecule has 2 bridgehead atoms. The molecule has 3 fully saturated rings. The summed E-state index contributed by atoms with van der Waals surface area (Å²) in [6.45, 7) is 9.95. The van der Waals surface area contributed by atoms with Crippen molar-refractivity contribution >= 4 is 29.6 Å². The number of rotatable bonds is 11. The molecule has 3 aliphatic carbocycles. The number of carbonyl (C=O) groups excluding carboxylic acids is 5. The summed E-state index contributed by atoms with van der Waals surface area (Å²) in [5.74, 6) is -5.11. The number of Topliss-reactive ketones (excluding diaryl/α,β-unsaturated/α-hetero) is 1. The smallest absolute Gasteiger partial charge is 0.338 e. The summed E-state index contributed by atoms with van der Waals surface area (Å²) < 4.78 is 37.2. The van der Waals surface area contributed by atoms with E-state index in [1.54, 1.807) is 120 Å². The molecule has 1 aliphatic heterocycles. The number of benzene rings is 3. The molecule has 0 spiro atoms. The third kappa shape index (κ3) is 7.18. The van der Waals surface area contributed by atoms with Crippen LogP contribution in [0.2, 0.25) is 0 Å². The molecule has 13 heteroatoms. The Morgan fingerprint density at radius 3 is 2.00 bits per heavy atom. The number of amides is 1. The zero-order chi connectivity index (χ0) is 44.1. The van der Waals surface area contributed by atoms with E-state index < -0.39 is 94.2 Å². The van der Waals surface area contributed by atoms with Crippen LogP contribution in [0.3, 0.4) is 0 Å². The molecule has 11 atom stereocenters. The maximum absolute atomic E-state index is 15.5. The lowest BCUT2D eigenvalue weighted by Crippen LogP contribution is -2.81. The number of esters is 3. The van der Waals surface area contributed by atoms with Crippen LogP contribution in [0, 0.1) is 22.7 Å². The zero-order valence-electron chi connectivity index (χ0n) is 35.8. The van der Waals surface area contributed by atoms with Crippen LogP contribution in [0.1, 0.15) is 86.7 Å². The van der Waals surface area contributed by atoms with Gasteiger partial charge in [-0.1, -0.05) is 87.5 Å². The minimum Gasteiger partial charge on any atom is -0.456 e. The van der Waals surface area contributed by atoms with E-state index in [4.69, 9.17) is 28.4 Å². The highest BCUT2D eigenvalue weighted by molar-refractivity contribution is 5.95. The van der Waals surface area contributed by atoms with Gasteiger partial charge in [-0.05, 0) is 54.8 Å². The summed E-state index contributed by atoms with van der Waals surface area (Å²) in [7, 11) is 2.83. The van der Waals surface area contributed by atoms with Gasteiger partial charge in [-0.15, -0.1) is 0 Å². The van der Waals surface area contributed by atoms with Gasteiger partial charge < -0.3 is 38.8 Å². The van der Waals surface area contributed by atoms with Gasteiger partial charge in [0.2, 0.25) is 0 Å². The summed E-state index contributed by atoms with van der Waals surface area (Å²) in [4.78, 5) is 71.1. The van der Waals surface area contributed by atoms with Crippen molar-refractivity contribution < 1.29 is 57.5 Å². The monoisotopic (exact) mass is 837 g/mol. The molecule has 1 unspecified atom stereocenters. The highest BCUT2D eigenvalue weighted by Gasteiger charge is 2.78. The molecular weight excluding hydrogens is 783 g/mol. The van der Waals surface area contributed by atoms with E-state index in [0.717, 1.165) is 0 Å². The number of methoxy groups -OCH3 is 2. The Labute approximate surface area is 356 Å². The van der Waals surface area contributed by atoms with Crippen LogP contribution >= 0.6 is 0 Å². The molecule has 1 heterocycles. The fraction of sp³-hybridized carbons (Fsp3) is 0.479. The third-order valence-corrected chi connectivity index (χ3v) is 14.0. The van der Waals surface area contributed by atoms with Crippen molar-refractivity contribution in [2.75, 3.05) is 20.8 Å². The first-order chi connectivity index (χ1) is 29.0. The summed E-state index contributed by atoms with van der Waals surface area (Å²) in [5, 5.41) is 16.7. The maximum atomic E-state index is 15.5. The summed E-state index contributed by atoms with van der Waals surface area (Å²) in [6.07, 6.45) is -5.80. The van der Waals surface area contributed by atoms with Gasteiger partial charge in [0.25, 0.3) is 5.91 Å². The van der Waals surface area contributed by atoms with Crippen LogP contribution in [0.5, 0.6) is 0 Å². The average Bonchev–Trinajstić information content (AvgIpc) is 3.24. The maximum Gasteiger partial charge on any atom is 0.338 e. The second kappa shape index (κ2) is 16.6. The first kappa shape index (κ1) is 43.9. The number of carbonyl (C=O) groups is 5. The molecule has 4 aliphatic rings. The van der Waals surface area contributed by atoms with E-state index in [2.05, 4.69) is 5.32 Å². The molecule has 3 aromatic carbocycles. The molecule has 1 amide bonds. The lowest BCUT2D eigenvalue weighted by molar-refractivity contribution is -0.346. The van der Waals surface area contributed by atoms with Crippen molar-refractivity contribution in [3.8, 4) is 0 Å². The molecular formula is C48H55NO12. The average molecular weight is 838 g/mol. The van der Waals surface area contributed by atoms with Gasteiger partial charge in [-0.3, -0.25) is 14.4 Å². The number of aliphatic hydroxyl groups is 1. The number of nitrogens with one attached hydrogen (secondary N) is 1. The predicted octanol–water partition coefficient (Wildman–Crippen LogP) is 5.75. The normalized spacial score (nSPS) is 32.3. The van der Waals surface area contributed by atoms with Crippen LogP contribution < -0.4 is 5.32 Å². The van der Waals surface area contributed by atoms with Crippen LogP contribution in [0.4, 0.5) is 0 Å². The fourth-order valence-corrected chi connectivity index (χ4v) is 11.0. The topological polar surface area (TPSA) is 173 Å². The van der Waals surface area contributed by atoms with E-state index in [0.29, 0.717) is 22.3 Å². The lowest BCUT2D eigenvalue weighted by Gasteiger charge is -2.68. The molecule has 0 radical (unpaired) electrons. The van der Waals surface area contributed by atoms with E-state index in [-0.39, 0.29) is 30.8 Å². The molecule has 324 valence electrons. The largest absolute Gasteiger partial charge is 0.456 e. The number of hydrogen-bond donors (Lipinski definition) is 2. The lowest BCUT2D eigenvalue weighted by atomic mass is 9.43. The van der Waals surface area contributed by atoms with Gasteiger partial charge in [0.15, 0.2) is 11.7 Å². The molecule has 7 rings (SSSR count). The minimum absolute atomic E-state index is 0.128. The minimum atomic E-state index is -2.09. The SMILES string of the molecule is CO[C@H]1CC2OC[C@@]2(OC(C)=O)[C@H]2[C@H](OC(=O)c3ccccc3)[C@]3(O)C[C@H](OC(=O)[C@H](OC)[C@@H](NC(=O)c4ccccc4)c4ccccc4)C(C)=C([C@@H](C)C(=O)[C@]12C)C3(C)C. The van der Waals surface area contributed by atoms with Crippen molar-refractivity contribution in [2.24, 2.45) is 22.7 Å². The Kier molecular flexibility index (Phi) is 11.9. The van der Waals surface area contributed by atoms with Gasteiger partial charge in [0.1, 0.15) is 29.7 Å². The number of hydrogen-bond acceptors (Lipinski definition) is 12. The van der Waals surface area contributed by atoms with Crippen molar-refractivity contribution in [2.45, 2.75) is 102 Å². The molecule has 13 nitrogen and oxygen atoms in total. The second-order valence-corrected chi connectivity index (χ2v) is 17.5.